The van der Waals surface area contributed by atoms with Gasteiger partial charge in [0.25, 0.3) is 0 Å². The lowest BCUT2D eigenvalue weighted by Crippen LogP contribution is -2.39. The number of nitrogens with one attached hydrogen (secondary N) is 1. The molecule has 1 N–H and O–H groups in total. The van der Waals surface area contributed by atoms with Crippen molar-refractivity contribution in [3.05, 3.63) is 58.8 Å². The van der Waals surface area contributed by atoms with Gasteiger partial charge >= 0.3 is 12.1 Å². The van der Waals surface area contributed by atoms with E-state index >= 15 is 0 Å². The number of likely N-dealkylation sites (tertiary alicyclic amines) is 1. The van der Waals surface area contributed by atoms with E-state index in [1.165, 1.54) is 7.11 Å². The number of aromatic nitrogens is 1. The molecule has 1 saturated heterocycles. The Morgan fingerprint density at radius 1 is 1.09 bits per heavy atom. The highest BCUT2D eigenvalue weighted by Gasteiger charge is 2.32. The van der Waals surface area contributed by atoms with Crippen molar-refractivity contribution < 1.29 is 28.5 Å². The number of ether oxygens (including phenoxy) is 4. The first kappa shape index (κ1) is 33.9. The largest absolute Gasteiger partial charge is 0.496 e. The molecule has 2 atom stereocenters. The number of aryl methyl sites for hydroxylation is 1. The maximum absolute atomic E-state index is 13.1. The van der Waals surface area contributed by atoms with E-state index in [1.807, 2.05) is 78.8 Å². The van der Waals surface area contributed by atoms with Crippen LogP contribution in [0.5, 0.6) is 5.75 Å². The quantitative estimate of drug-likeness (QED) is 0.271. The van der Waals surface area contributed by atoms with Crippen molar-refractivity contribution in [3.8, 4) is 5.75 Å². The number of rotatable bonds is 8. The molecule has 0 saturated carbocycles. The van der Waals surface area contributed by atoms with Gasteiger partial charge in [-0.2, -0.15) is 0 Å². The zero-order chi connectivity index (χ0) is 31.9. The van der Waals surface area contributed by atoms with Crippen LogP contribution in [0.1, 0.15) is 87.5 Å². The third kappa shape index (κ3) is 7.70. The number of hydrogen-bond acceptors (Lipinski definition) is 8. The molecule has 0 radical (unpaired) electrons. The summed E-state index contributed by atoms with van der Waals surface area (Å²) in [5.74, 6) is 0.398. The number of benzene rings is 2. The fourth-order valence-electron chi connectivity index (χ4n) is 5.74. The molecule has 0 amide bonds. The van der Waals surface area contributed by atoms with E-state index in [-0.39, 0.29) is 18.1 Å². The molecule has 236 valence electrons. The SMILES string of the molecule is CC.CCOC1CCN(Cc2c(OC)cc(C)c3c2ccn3C(=O)OC(C)(C)C)C(c2ccc(C(=O)OC)c(NC)c2)C1. The molecular formula is C34H49N3O6. The van der Waals surface area contributed by atoms with Crippen molar-refractivity contribution in [2.75, 3.05) is 39.7 Å². The number of fused-ring (bicyclic) bond motifs is 1. The summed E-state index contributed by atoms with van der Waals surface area (Å²) in [6, 6.07) is 9.84. The van der Waals surface area contributed by atoms with Crippen LogP contribution in [0.3, 0.4) is 0 Å². The fraction of sp³-hybridized carbons (Fsp3) is 0.529. The summed E-state index contributed by atoms with van der Waals surface area (Å²) in [4.78, 5) is 27.8. The van der Waals surface area contributed by atoms with Gasteiger partial charge in [0, 0.05) is 55.6 Å². The first-order valence-electron chi connectivity index (χ1n) is 15.2. The molecule has 43 heavy (non-hydrogen) atoms. The van der Waals surface area contributed by atoms with E-state index in [2.05, 4.69) is 10.2 Å². The number of hydrogen-bond donors (Lipinski definition) is 1. The monoisotopic (exact) mass is 595 g/mol. The maximum atomic E-state index is 13.1. The standard InChI is InChI=1S/C32H43N3O6.C2H6/c1-9-40-22-12-14-34(27(18-22)21-10-11-24(30(36)39-8)26(17-21)33-6)19-25-23-13-15-35(31(37)41-32(3,4)5)29(23)20(2)16-28(25)38-7;1-2/h10-11,13,15-17,22,27,33H,9,12,14,18-19H2,1-8H3;1-2H3. The van der Waals surface area contributed by atoms with E-state index in [9.17, 15) is 9.59 Å². The van der Waals surface area contributed by atoms with Crippen LogP contribution in [0.25, 0.3) is 10.9 Å². The lowest BCUT2D eigenvalue weighted by Gasteiger charge is -2.40. The third-order valence-corrected chi connectivity index (χ3v) is 7.57. The normalized spacial score (nSPS) is 17.2. The predicted octanol–water partition coefficient (Wildman–Crippen LogP) is 7.34. The van der Waals surface area contributed by atoms with Gasteiger partial charge in [0.2, 0.25) is 0 Å². The highest BCUT2D eigenvalue weighted by Crippen LogP contribution is 2.39. The molecule has 1 fully saturated rings. The van der Waals surface area contributed by atoms with Crippen molar-refractivity contribution in [1.82, 2.24) is 9.47 Å². The van der Waals surface area contributed by atoms with Gasteiger partial charge in [0.05, 0.1) is 31.4 Å². The predicted molar refractivity (Wildman–Crippen MR) is 171 cm³/mol. The van der Waals surface area contributed by atoms with Crippen molar-refractivity contribution in [1.29, 1.82) is 0 Å². The van der Waals surface area contributed by atoms with Crippen LogP contribution in [-0.2, 0) is 20.8 Å². The zero-order valence-corrected chi connectivity index (χ0v) is 27.5. The minimum absolute atomic E-state index is 0.0353. The van der Waals surface area contributed by atoms with E-state index in [0.29, 0.717) is 18.7 Å². The molecule has 9 heteroatoms. The van der Waals surface area contributed by atoms with Crippen molar-refractivity contribution in [2.45, 2.75) is 85.6 Å². The second-order valence-corrected chi connectivity index (χ2v) is 11.4. The Morgan fingerprint density at radius 2 is 1.81 bits per heavy atom. The Kier molecular flexibility index (Phi) is 11.6. The summed E-state index contributed by atoms with van der Waals surface area (Å²) in [5.41, 5.74) is 4.45. The summed E-state index contributed by atoms with van der Waals surface area (Å²) in [7, 11) is 4.87. The summed E-state index contributed by atoms with van der Waals surface area (Å²) in [6.45, 7) is 15.7. The van der Waals surface area contributed by atoms with Crippen LogP contribution in [-0.4, -0.2) is 67.7 Å². The van der Waals surface area contributed by atoms with Crippen molar-refractivity contribution in [3.63, 3.8) is 0 Å². The summed E-state index contributed by atoms with van der Waals surface area (Å²) in [5, 5.41) is 4.11. The molecular weight excluding hydrogens is 546 g/mol. The minimum atomic E-state index is -0.607. The average molecular weight is 596 g/mol. The molecule has 2 unspecified atom stereocenters. The third-order valence-electron chi connectivity index (χ3n) is 7.57. The van der Waals surface area contributed by atoms with Crippen LogP contribution in [0, 0.1) is 6.92 Å². The van der Waals surface area contributed by atoms with Crippen molar-refractivity contribution >= 4 is 28.7 Å². The topological polar surface area (TPSA) is 91.3 Å². The van der Waals surface area contributed by atoms with Crippen LogP contribution in [0.2, 0.25) is 0 Å². The molecule has 0 aliphatic carbocycles. The summed E-state index contributed by atoms with van der Waals surface area (Å²) < 4.78 is 24.2. The van der Waals surface area contributed by atoms with Gasteiger partial charge in [-0.3, -0.25) is 9.47 Å². The second-order valence-electron chi connectivity index (χ2n) is 11.4. The van der Waals surface area contributed by atoms with Gasteiger partial charge in [-0.15, -0.1) is 0 Å². The van der Waals surface area contributed by atoms with Gasteiger partial charge in [-0.05, 0) is 82.9 Å². The zero-order valence-electron chi connectivity index (χ0n) is 27.5. The van der Waals surface area contributed by atoms with Crippen molar-refractivity contribution in [2.24, 2.45) is 0 Å². The number of anilines is 1. The number of esters is 1. The molecule has 9 nitrogen and oxygen atoms in total. The highest BCUT2D eigenvalue weighted by molar-refractivity contribution is 5.96. The molecule has 1 aromatic heterocycles. The van der Waals surface area contributed by atoms with Crippen LogP contribution in [0.4, 0.5) is 10.5 Å². The number of carbonyl (C=O) groups excluding carboxylic acids is 2. The smallest absolute Gasteiger partial charge is 0.419 e. The Bertz CT molecular complexity index is 1410. The summed E-state index contributed by atoms with van der Waals surface area (Å²) >= 11 is 0. The number of piperidine rings is 1. The van der Waals surface area contributed by atoms with E-state index < -0.39 is 11.7 Å². The fourth-order valence-corrected chi connectivity index (χ4v) is 5.74. The maximum Gasteiger partial charge on any atom is 0.419 e. The Balaban J connectivity index is 0.00000248. The van der Waals surface area contributed by atoms with Crippen LogP contribution >= 0.6 is 0 Å². The van der Waals surface area contributed by atoms with E-state index in [1.54, 1.807) is 24.9 Å². The van der Waals surface area contributed by atoms with Gasteiger partial charge in [0.1, 0.15) is 11.4 Å². The number of nitrogens with zero attached hydrogens (tertiary/aromatic N) is 2. The lowest BCUT2D eigenvalue weighted by atomic mass is 9.91. The molecule has 0 bridgehead atoms. The number of carbonyl (C=O) groups is 2. The van der Waals surface area contributed by atoms with E-state index in [4.69, 9.17) is 18.9 Å². The second kappa shape index (κ2) is 14.8. The first-order chi connectivity index (χ1) is 20.5. The highest BCUT2D eigenvalue weighted by atomic mass is 16.6. The average Bonchev–Trinajstić information content (AvgIpc) is 3.45. The Labute approximate surface area is 256 Å². The van der Waals surface area contributed by atoms with Gasteiger partial charge < -0.3 is 24.3 Å². The molecule has 1 aliphatic heterocycles. The van der Waals surface area contributed by atoms with Gasteiger partial charge in [0.15, 0.2) is 0 Å². The van der Waals surface area contributed by atoms with E-state index in [0.717, 1.165) is 58.4 Å². The first-order valence-corrected chi connectivity index (χ1v) is 15.2. The van der Waals surface area contributed by atoms with Gasteiger partial charge in [-0.1, -0.05) is 19.9 Å². The van der Waals surface area contributed by atoms with Crippen LogP contribution < -0.4 is 10.1 Å². The number of methoxy groups -OCH3 is 2. The molecule has 1 aliphatic rings. The van der Waals surface area contributed by atoms with Crippen LogP contribution in [0.15, 0.2) is 36.5 Å². The van der Waals surface area contributed by atoms with Gasteiger partial charge in [-0.25, -0.2) is 9.59 Å². The minimum Gasteiger partial charge on any atom is -0.496 e. The Hall–Kier alpha value is -3.56. The molecule has 3 aromatic rings. The lowest BCUT2D eigenvalue weighted by molar-refractivity contribution is -0.0138. The molecule has 2 heterocycles. The molecule has 2 aromatic carbocycles. The molecule has 0 spiro atoms. The molecule has 4 rings (SSSR count). The summed E-state index contributed by atoms with van der Waals surface area (Å²) in [6.07, 6.45) is 3.21. The Morgan fingerprint density at radius 3 is 2.42 bits per heavy atom.